The molecule has 1 aliphatic carbocycles. The van der Waals surface area contributed by atoms with Crippen LogP contribution in [0.15, 0.2) is 70.2 Å². The van der Waals surface area contributed by atoms with Crippen molar-refractivity contribution < 1.29 is 9.59 Å². The lowest BCUT2D eigenvalue weighted by Crippen LogP contribution is -2.22. The SMILES string of the molecule is O=C(N/N=C1\C(=O)c2cccc3cccc1c23)c1ccccc1Br. The number of benzene rings is 3. The number of hydrazone groups is 1. The smallest absolute Gasteiger partial charge is 0.272 e. The summed E-state index contributed by atoms with van der Waals surface area (Å²) in [4.78, 5) is 24.9. The van der Waals surface area contributed by atoms with Gasteiger partial charge in [0.1, 0.15) is 5.71 Å². The van der Waals surface area contributed by atoms with Gasteiger partial charge in [-0.15, -0.1) is 0 Å². The minimum atomic E-state index is -0.370. The molecule has 0 aromatic heterocycles. The second-order valence-electron chi connectivity index (χ2n) is 5.42. The molecule has 0 aliphatic heterocycles. The van der Waals surface area contributed by atoms with Crippen LogP contribution >= 0.6 is 15.9 Å². The van der Waals surface area contributed by atoms with E-state index < -0.39 is 0 Å². The molecule has 4 nitrogen and oxygen atoms in total. The molecule has 1 aliphatic rings. The number of rotatable bonds is 2. The van der Waals surface area contributed by atoms with Crippen LogP contribution in [-0.4, -0.2) is 17.4 Å². The molecule has 0 unspecified atom stereocenters. The van der Waals surface area contributed by atoms with Gasteiger partial charge in [-0.3, -0.25) is 9.59 Å². The standard InChI is InChI=1S/C19H11BrN2O2/c20-15-10-2-1-7-12(15)19(24)22-21-17-13-8-3-5-11-6-4-9-14(16(11)13)18(17)23/h1-10H,(H,22,24)/b21-17-. The molecule has 5 heteroatoms. The number of ketones is 1. The Kier molecular flexibility index (Phi) is 3.50. The van der Waals surface area contributed by atoms with Crippen LogP contribution in [0, 0.1) is 0 Å². The van der Waals surface area contributed by atoms with Crippen LogP contribution < -0.4 is 5.43 Å². The molecule has 0 radical (unpaired) electrons. The predicted molar refractivity (Wildman–Crippen MR) is 96.4 cm³/mol. The number of nitrogens with zero attached hydrogens (tertiary/aromatic N) is 1. The summed E-state index contributed by atoms with van der Waals surface area (Å²) in [6, 6.07) is 18.3. The quantitative estimate of drug-likeness (QED) is 0.686. The summed E-state index contributed by atoms with van der Waals surface area (Å²) in [5.74, 6) is -0.542. The number of Topliss-reactive ketones (excluding diaryl/α,β-unsaturated/α-hetero) is 1. The maximum Gasteiger partial charge on any atom is 0.272 e. The molecule has 4 rings (SSSR count). The molecular formula is C19H11BrN2O2. The average Bonchev–Trinajstić information content (AvgIpc) is 2.88. The monoisotopic (exact) mass is 378 g/mol. The summed E-state index contributed by atoms with van der Waals surface area (Å²) in [5, 5.41) is 5.98. The fraction of sp³-hybridized carbons (Fsp3) is 0. The van der Waals surface area contributed by atoms with Crippen LogP contribution in [0.4, 0.5) is 0 Å². The van der Waals surface area contributed by atoms with Crippen molar-refractivity contribution in [3.8, 4) is 0 Å². The Morgan fingerprint density at radius 2 is 1.62 bits per heavy atom. The molecule has 0 atom stereocenters. The summed E-state index contributed by atoms with van der Waals surface area (Å²) in [5.41, 5.74) is 4.59. The zero-order valence-corrected chi connectivity index (χ0v) is 14.0. The van der Waals surface area contributed by atoms with E-state index in [1.165, 1.54) is 0 Å². The molecule has 0 fully saturated rings. The number of carbonyl (C=O) groups is 2. The van der Waals surface area contributed by atoms with E-state index in [2.05, 4.69) is 26.5 Å². The van der Waals surface area contributed by atoms with Crippen LogP contribution in [0.25, 0.3) is 10.8 Å². The van der Waals surface area contributed by atoms with Crippen LogP contribution in [0.1, 0.15) is 26.3 Å². The second kappa shape index (κ2) is 5.69. The number of hydrogen-bond donors (Lipinski definition) is 1. The minimum absolute atomic E-state index is 0.172. The second-order valence-corrected chi connectivity index (χ2v) is 6.27. The van der Waals surface area contributed by atoms with Gasteiger partial charge in [0.05, 0.1) is 5.56 Å². The molecule has 0 bridgehead atoms. The number of carbonyl (C=O) groups excluding carboxylic acids is 2. The number of hydrogen-bond acceptors (Lipinski definition) is 3. The van der Waals surface area contributed by atoms with E-state index in [1.807, 2.05) is 36.4 Å². The first kappa shape index (κ1) is 14.8. The third-order valence-electron chi connectivity index (χ3n) is 4.01. The molecule has 3 aromatic rings. The molecule has 116 valence electrons. The number of halogens is 1. The lowest BCUT2D eigenvalue weighted by Gasteiger charge is -2.03. The predicted octanol–water partition coefficient (Wildman–Crippen LogP) is 3.93. The summed E-state index contributed by atoms with van der Waals surface area (Å²) < 4.78 is 0.672. The fourth-order valence-electron chi connectivity index (χ4n) is 2.90. The van der Waals surface area contributed by atoms with Crippen LogP contribution in [0.3, 0.4) is 0 Å². The maximum atomic E-state index is 12.6. The van der Waals surface area contributed by atoms with E-state index in [1.54, 1.807) is 24.3 Å². The van der Waals surface area contributed by atoms with Gasteiger partial charge in [-0.05, 0) is 33.4 Å². The highest BCUT2D eigenvalue weighted by Crippen LogP contribution is 2.30. The van der Waals surface area contributed by atoms with Gasteiger partial charge in [-0.1, -0.05) is 48.5 Å². The van der Waals surface area contributed by atoms with Gasteiger partial charge in [-0.2, -0.15) is 5.10 Å². The lowest BCUT2D eigenvalue weighted by atomic mass is 10.1. The Morgan fingerprint density at radius 3 is 2.38 bits per heavy atom. The topological polar surface area (TPSA) is 58.5 Å². The Bertz CT molecular complexity index is 1040. The van der Waals surface area contributed by atoms with Crippen molar-refractivity contribution in [3.05, 3.63) is 81.8 Å². The van der Waals surface area contributed by atoms with E-state index in [0.717, 1.165) is 16.3 Å². The Morgan fingerprint density at radius 1 is 0.917 bits per heavy atom. The van der Waals surface area contributed by atoms with Crippen molar-refractivity contribution >= 4 is 44.1 Å². The van der Waals surface area contributed by atoms with Gasteiger partial charge in [0.15, 0.2) is 0 Å². The van der Waals surface area contributed by atoms with Gasteiger partial charge in [0, 0.05) is 21.0 Å². The fourth-order valence-corrected chi connectivity index (χ4v) is 3.37. The summed E-state index contributed by atoms with van der Waals surface area (Å²) in [6.45, 7) is 0. The molecular weight excluding hydrogens is 368 g/mol. The summed E-state index contributed by atoms with van der Waals surface area (Å²) >= 11 is 3.33. The minimum Gasteiger partial charge on any atom is -0.287 e. The van der Waals surface area contributed by atoms with Crippen LogP contribution in [-0.2, 0) is 0 Å². The Hall–Kier alpha value is -2.79. The zero-order chi connectivity index (χ0) is 16.7. The molecule has 3 aromatic carbocycles. The van der Waals surface area contributed by atoms with E-state index in [4.69, 9.17) is 0 Å². The van der Waals surface area contributed by atoms with Crippen molar-refractivity contribution in [1.82, 2.24) is 5.43 Å². The number of nitrogens with one attached hydrogen (secondary N) is 1. The van der Waals surface area contributed by atoms with E-state index in [0.29, 0.717) is 15.6 Å². The molecule has 1 N–H and O–H groups in total. The molecule has 0 saturated heterocycles. The van der Waals surface area contributed by atoms with E-state index in [-0.39, 0.29) is 17.4 Å². The van der Waals surface area contributed by atoms with Gasteiger partial charge >= 0.3 is 0 Å². The van der Waals surface area contributed by atoms with Gasteiger partial charge < -0.3 is 0 Å². The van der Waals surface area contributed by atoms with Crippen molar-refractivity contribution in [2.75, 3.05) is 0 Å². The largest absolute Gasteiger partial charge is 0.287 e. The highest BCUT2D eigenvalue weighted by molar-refractivity contribution is 9.10. The van der Waals surface area contributed by atoms with E-state index in [9.17, 15) is 9.59 Å². The Balaban J connectivity index is 1.73. The molecule has 0 heterocycles. The molecule has 1 amide bonds. The number of amides is 1. The lowest BCUT2D eigenvalue weighted by molar-refractivity contribution is 0.0954. The Labute approximate surface area is 146 Å². The first-order chi connectivity index (χ1) is 11.7. The first-order valence-corrected chi connectivity index (χ1v) is 8.15. The average molecular weight is 379 g/mol. The van der Waals surface area contributed by atoms with E-state index >= 15 is 0 Å². The van der Waals surface area contributed by atoms with Crippen LogP contribution in [0.2, 0.25) is 0 Å². The van der Waals surface area contributed by atoms with Gasteiger partial charge in [0.25, 0.3) is 5.91 Å². The summed E-state index contributed by atoms with van der Waals surface area (Å²) in [6.07, 6.45) is 0. The van der Waals surface area contributed by atoms with Crippen molar-refractivity contribution in [3.63, 3.8) is 0 Å². The van der Waals surface area contributed by atoms with Crippen molar-refractivity contribution in [2.24, 2.45) is 5.10 Å². The maximum absolute atomic E-state index is 12.6. The van der Waals surface area contributed by atoms with Crippen LogP contribution in [0.5, 0.6) is 0 Å². The normalized spacial score (nSPS) is 14.4. The molecule has 0 spiro atoms. The first-order valence-electron chi connectivity index (χ1n) is 7.36. The van der Waals surface area contributed by atoms with Crippen molar-refractivity contribution in [2.45, 2.75) is 0 Å². The highest BCUT2D eigenvalue weighted by atomic mass is 79.9. The third-order valence-corrected chi connectivity index (χ3v) is 4.70. The third kappa shape index (κ3) is 2.25. The molecule has 0 saturated carbocycles. The van der Waals surface area contributed by atoms with Gasteiger partial charge in [-0.25, -0.2) is 5.43 Å². The molecule has 24 heavy (non-hydrogen) atoms. The van der Waals surface area contributed by atoms with Gasteiger partial charge in [0.2, 0.25) is 5.78 Å². The van der Waals surface area contributed by atoms with Crippen molar-refractivity contribution in [1.29, 1.82) is 0 Å². The highest BCUT2D eigenvalue weighted by Gasteiger charge is 2.28. The summed E-state index contributed by atoms with van der Waals surface area (Å²) in [7, 11) is 0. The zero-order valence-electron chi connectivity index (χ0n) is 12.4.